The summed E-state index contributed by atoms with van der Waals surface area (Å²) < 4.78 is 9.27. The van der Waals surface area contributed by atoms with E-state index < -0.39 is 5.60 Å². The van der Waals surface area contributed by atoms with E-state index in [1.165, 1.54) is 23.1 Å². The van der Waals surface area contributed by atoms with Gasteiger partial charge in [0.15, 0.2) is 0 Å². The van der Waals surface area contributed by atoms with E-state index in [-0.39, 0.29) is 6.10 Å². The third kappa shape index (κ3) is 5.31. The molecule has 1 nitrogen and oxygen atoms in total. The Morgan fingerprint density at radius 2 is 1.24 bits per heavy atom. The molecule has 0 heterocycles. The van der Waals surface area contributed by atoms with Crippen LogP contribution in [-0.2, 0) is 10.3 Å². The van der Waals surface area contributed by atoms with Gasteiger partial charge in [-0.15, -0.1) is 0 Å². The fourth-order valence-corrected chi connectivity index (χ4v) is 3.92. The summed E-state index contributed by atoms with van der Waals surface area (Å²) in [6, 6.07) is 31.9. The molecular weight excluding hydrogens is 347 g/mol. The van der Waals surface area contributed by atoms with Gasteiger partial charge in [0, 0.05) is 0 Å². The molecule has 0 aliphatic carbocycles. The monoisotopic (exact) mass is 376 g/mol. The van der Waals surface area contributed by atoms with Gasteiger partial charge in [-0.1, -0.05) is 0 Å². The van der Waals surface area contributed by atoms with Crippen LogP contribution in [0.2, 0.25) is 0 Å². The van der Waals surface area contributed by atoms with Crippen molar-refractivity contribution >= 4 is 17.7 Å². The van der Waals surface area contributed by atoms with Crippen molar-refractivity contribution in [2.75, 3.05) is 0 Å². The standard InChI is InChI=1S/C27H29O.Li/c1-3-5-22-26(15-4-2)28-27(23-16-9-6-10-17-23,24-18-11-7-12-19-24)25-20-13-8-14-21-25;/h2,4,6-14,16-21,26H,3,5,15,22H2,1H3;. The minimum absolute atomic E-state index is 0.145. The van der Waals surface area contributed by atoms with E-state index in [9.17, 15) is 0 Å². The molecule has 144 valence electrons. The summed E-state index contributed by atoms with van der Waals surface area (Å²) in [5, 5.41) is 0. The molecule has 3 aromatic rings. The van der Waals surface area contributed by atoms with Crippen molar-refractivity contribution in [3.63, 3.8) is 0 Å². The number of hydrogen-bond acceptors (Lipinski definition) is 1. The summed E-state index contributed by atoms with van der Waals surface area (Å²) in [4.78, 5) is 0. The van der Waals surface area contributed by atoms with E-state index in [0.717, 1.165) is 19.3 Å². The summed E-state index contributed by atoms with van der Waals surface area (Å²) in [7, 11) is 0. The molecule has 0 spiro atoms. The number of rotatable bonds is 10. The number of benzene rings is 3. The summed E-state index contributed by atoms with van der Waals surface area (Å²) in [6.07, 6.45) is 6.68. The predicted molar refractivity (Wildman–Crippen MR) is 123 cm³/mol. The second-order valence-corrected chi connectivity index (χ2v) is 7.47. The molecule has 1 unspecified atom stereocenters. The van der Waals surface area contributed by atoms with Gasteiger partial charge in [0.2, 0.25) is 0 Å². The van der Waals surface area contributed by atoms with E-state index in [2.05, 4.69) is 126 Å². The summed E-state index contributed by atoms with van der Waals surface area (Å²) in [5.41, 5.74) is 2.86. The summed E-state index contributed by atoms with van der Waals surface area (Å²) in [6.45, 7) is 2.24. The minimum atomic E-state index is -0.635. The average molecular weight is 376 g/mol. The van der Waals surface area contributed by atoms with E-state index >= 15 is 0 Å². The van der Waals surface area contributed by atoms with Crippen LogP contribution < -0.4 is 0 Å². The zero-order valence-corrected chi connectivity index (χ0v) is 17.6. The summed E-state index contributed by atoms with van der Waals surface area (Å²) >= 11 is 2.08. The normalized spacial score (nSPS) is 12.9. The van der Waals surface area contributed by atoms with E-state index in [0.29, 0.717) is 0 Å². The predicted octanol–water partition coefficient (Wildman–Crippen LogP) is 6.63. The fraction of sp³-hybridized carbons (Fsp3) is 0.259. The van der Waals surface area contributed by atoms with Crippen molar-refractivity contribution in [1.29, 1.82) is 0 Å². The molecule has 0 aliphatic rings. The molecule has 0 fully saturated rings. The third-order valence-electron chi connectivity index (χ3n) is 5.40. The van der Waals surface area contributed by atoms with Gasteiger partial charge in [-0.05, 0) is 0 Å². The molecule has 0 aromatic heterocycles. The van der Waals surface area contributed by atoms with E-state index in [1.807, 2.05) is 0 Å². The molecular formula is C27H29LiO. The Labute approximate surface area is 185 Å². The SMILES string of the molecule is [Li]/[CH]=C/CC(CCCC)OC(c1ccccc1)(c1ccccc1)c1ccccc1. The number of hydrogen-bond donors (Lipinski definition) is 0. The molecule has 3 rings (SSSR count). The van der Waals surface area contributed by atoms with E-state index in [1.54, 1.807) is 0 Å². The van der Waals surface area contributed by atoms with Gasteiger partial charge in [0.05, 0.1) is 0 Å². The van der Waals surface area contributed by atoms with Gasteiger partial charge >= 0.3 is 185 Å². The molecule has 3 aromatic carbocycles. The zero-order valence-electron chi connectivity index (χ0n) is 17.6. The Balaban J connectivity index is 2.18. The second-order valence-electron chi connectivity index (χ2n) is 7.47. The third-order valence-corrected chi connectivity index (χ3v) is 5.40. The van der Waals surface area contributed by atoms with Crippen molar-refractivity contribution in [1.82, 2.24) is 0 Å². The van der Waals surface area contributed by atoms with Crippen LogP contribution in [0.3, 0.4) is 0 Å². The molecule has 0 radical (unpaired) electrons. The van der Waals surface area contributed by atoms with Gasteiger partial charge in [-0.3, -0.25) is 0 Å². The first-order valence-electron chi connectivity index (χ1n) is 10.8. The molecule has 1 atom stereocenters. The van der Waals surface area contributed by atoms with Crippen LogP contribution >= 0.6 is 0 Å². The molecule has 0 aliphatic heterocycles. The average Bonchev–Trinajstić information content (AvgIpc) is 2.80. The molecule has 0 N–H and O–H groups in total. The Morgan fingerprint density at radius 1 is 0.793 bits per heavy atom. The Bertz CT molecular complexity index is 762. The molecule has 29 heavy (non-hydrogen) atoms. The van der Waals surface area contributed by atoms with Crippen LogP contribution in [0.5, 0.6) is 0 Å². The Kier molecular flexibility index (Phi) is 8.38. The first-order chi connectivity index (χ1) is 14.3. The van der Waals surface area contributed by atoms with Crippen LogP contribution in [0.15, 0.2) is 102 Å². The van der Waals surface area contributed by atoms with Crippen molar-refractivity contribution in [2.45, 2.75) is 44.3 Å². The molecule has 0 bridgehead atoms. The van der Waals surface area contributed by atoms with Crippen LogP contribution in [-0.4, -0.2) is 23.8 Å². The van der Waals surface area contributed by atoms with Crippen molar-refractivity contribution in [3.05, 3.63) is 119 Å². The van der Waals surface area contributed by atoms with Gasteiger partial charge in [-0.25, -0.2) is 0 Å². The van der Waals surface area contributed by atoms with Crippen LogP contribution in [0.25, 0.3) is 0 Å². The molecule has 0 saturated heterocycles. The van der Waals surface area contributed by atoms with Crippen LogP contribution in [0.4, 0.5) is 0 Å². The van der Waals surface area contributed by atoms with E-state index in [4.69, 9.17) is 4.74 Å². The fourth-order valence-electron chi connectivity index (χ4n) is 3.92. The number of ether oxygens (including phenoxy) is 1. The molecule has 0 saturated carbocycles. The van der Waals surface area contributed by atoms with Crippen molar-refractivity contribution in [3.8, 4) is 0 Å². The van der Waals surface area contributed by atoms with Gasteiger partial charge < -0.3 is 0 Å². The van der Waals surface area contributed by atoms with Gasteiger partial charge in [0.1, 0.15) is 0 Å². The second kappa shape index (κ2) is 11.2. The topological polar surface area (TPSA) is 9.23 Å². The number of unbranched alkanes of at least 4 members (excludes halogenated alkanes) is 1. The van der Waals surface area contributed by atoms with Crippen LogP contribution in [0, 0.1) is 0 Å². The zero-order chi connectivity index (χ0) is 20.4. The first-order valence-corrected chi connectivity index (χ1v) is 10.8. The molecule has 0 amide bonds. The Hall–Kier alpha value is -2.04. The quantitative estimate of drug-likeness (QED) is 0.285. The maximum atomic E-state index is 7.15. The Morgan fingerprint density at radius 3 is 1.62 bits per heavy atom. The summed E-state index contributed by atoms with van der Waals surface area (Å²) in [5.74, 6) is 0. The first kappa shape index (κ1) is 21.7. The maximum absolute atomic E-state index is 7.15. The van der Waals surface area contributed by atoms with Crippen molar-refractivity contribution in [2.24, 2.45) is 0 Å². The van der Waals surface area contributed by atoms with Crippen LogP contribution in [0.1, 0.15) is 49.3 Å². The van der Waals surface area contributed by atoms with Gasteiger partial charge in [0.25, 0.3) is 0 Å². The van der Waals surface area contributed by atoms with Crippen molar-refractivity contribution < 1.29 is 4.74 Å². The van der Waals surface area contributed by atoms with Gasteiger partial charge in [-0.2, -0.15) is 0 Å². The molecule has 2 heteroatoms.